The van der Waals surface area contributed by atoms with Gasteiger partial charge in [0.15, 0.2) is 17.2 Å². The number of pyridine rings is 1. The number of Topliss-reactive ketones (excluding diaryl/α,β-unsaturated/α-hetero) is 1. The summed E-state index contributed by atoms with van der Waals surface area (Å²) in [7, 11) is 1.52. The Kier molecular flexibility index (Phi) is 8.62. The Morgan fingerprint density at radius 2 is 1.89 bits per heavy atom. The van der Waals surface area contributed by atoms with E-state index in [2.05, 4.69) is 0 Å². The first-order valence-corrected chi connectivity index (χ1v) is 12.1. The zero-order chi connectivity index (χ0) is 26.6. The van der Waals surface area contributed by atoms with Gasteiger partial charge in [0.05, 0.1) is 17.2 Å². The summed E-state index contributed by atoms with van der Waals surface area (Å²) in [5.74, 6) is -3.13. The maximum atomic E-state index is 14.0. The SMILES string of the molecule is CCN1CCCCC(=O)CN(C)n2cc(C(=N)SC(=N)Cc3ccc(F)cc3F)c(=O)c(O)c2C1=O. The van der Waals surface area contributed by atoms with Crippen molar-refractivity contribution in [2.75, 3.05) is 31.7 Å². The van der Waals surface area contributed by atoms with E-state index in [1.54, 1.807) is 6.92 Å². The molecule has 0 saturated heterocycles. The van der Waals surface area contributed by atoms with E-state index in [1.165, 1.54) is 33.9 Å². The van der Waals surface area contributed by atoms with Crippen molar-refractivity contribution in [3.8, 4) is 5.75 Å². The molecule has 0 atom stereocenters. The normalized spacial score (nSPS) is 14.9. The maximum absolute atomic E-state index is 14.0. The molecule has 1 aliphatic rings. The van der Waals surface area contributed by atoms with Gasteiger partial charge in [-0.2, -0.15) is 0 Å². The minimum absolute atomic E-state index is 0.0475. The van der Waals surface area contributed by atoms with Crippen molar-refractivity contribution in [3.05, 3.63) is 63.1 Å². The average Bonchev–Trinajstić information content (AvgIpc) is 2.83. The molecule has 1 amide bonds. The van der Waals surface area contributed by atoms with Gasteiger partial charge in [-0.15, -0.1) is 0 Å². The average molecular weight is 520 g/mol. The van der Waals surface area contributed by atoms with Crippen LogP contribution in [0.1, 0.15) is 47.8 Å². The van der Waals surface area contributed by atoms with E-state index in [1.807, 2.05) is 0 Å². The summed E-state index contributed by atoms with van der Waals surface area (Å²) in [6.45, 7) is 2.36. The monoisotopic (exact) mass is 519 g/mol. The Hall–Kier alpha value is -3.54. The number of hydrogen-bond donors (Lipinski definition) is 3. The van der Waals surface area contributed by atoms with E-state index in [0.717, 1.165) is 6.07 Å². The number of ketones is 1. The minimum atomic E-state index is -0.974. The first-order valence-electron chi connectivity index (χ1n) is 11.3. The summed E-state index contributed by atoms with van der Waals surface area (Å²) in [6, 6.07) is 2.95. The second-order valence-corrected chi connectivity index (χ2v) is 9.48. The Bertz CT molecular complexity index is 1280. The molecule has 9 nitrogen and oxygen atoms in total. The van der Waals surface area contributed by atoms with Gasteiger partial charge in [-0.1, -0.05) is 17.8 Å². The molecule has 1 aromatic heterocycles. The van der Waals surface area contributed by atoms with Crippen LogP contribution in [-0.2, 0) is 11.2 Å². The molecule has 1 aliphatic heterocycles. The minimum Gasteiger partial charge on any atom is -0.502 e. The summed E-state index contributed by atoms with van der Waals surface area (Å²) in [5.41, 5.74) is -1.54. The largest absolute Gasteiger partial charge is 0.502 e. The fourth-order valence-electron chi connectivity index (χ4n) is 3.86. The highest BCUT2D eigenvalue weighted by atomic mass is 32.2. The molecule has 2 aromatic rings. The zero-order valence-electron chi connectivity index (χ0n) is 19.9. The number of aromatic hydroxyl groups is 1. The maximum Gasteiger partial charge on any atom is 0.276 e. The fourth-order valence-corrected chi connectivity index (χ4v) is 4.59. The van der Waals surface area contributed by atoms with Gasteiger partial charge >= 0.3 is 0 Å². The molecular formula is C24H27F2N5O4S. The lowest BCUT2D eigenvalue weighted by Gasteiger charge is -2.28. The van der Waals surface area contributed by atoms with Crippen LogP contribution < -0.4 is 10.4 Å². The van der Waals surface area contributed by atoms with Crippen molar-refractivity contribution in [3.63, 3.8) is 0 Å². The third-order valence-corrected chi connectivity index (χ3v) is 6.59. The summed E-state index contributed by atoms with van der Waals surface area (Å²) in [5, 5.41) is 28.1. The van der Waals surface area contributed by atoms with E-state index in [0.29, 0.717) is 50.2 Å². The number of thioether (sulfide) groups is 1. The molecule has 0 radical (unpaired) electrons. The molecule has 0 unspecified atom stereocenters. The lowest BCUT2D eigenvalue weighted by atomic mass is 10.1. The number of hydrogen-bond acceptors (Lipinski definition) is 8. The molecule has 12 heteroatoms. The number of nitrogens with zero attached hydrogens (tertiary/aromatic N) is 3. The van der Waals surface area contributed by atoms with Crippen LogP contribution in [0.4, 0.5) is 8.78 Å². The summed E-state index contributed by atoms with van der Waals surface area (Å²) >= 11 is 0.563. The third kappa shape index (κ3) is 5.99. The Labute approximate surface area is 210 Å². The van der Waals surface area contributed by atoms with Crippen molar-refractivity contribution in [2.45, 2.75) is 32.6 Å². The van der Waals surface area contributed by atoms with Crippen LogP contribution >= 0.6 is 11.8 Å². The van der Waals surface area contributed by atoms with Crippen molar-refractivity contribution in [1.29, 1.82) is 10.8 Å². The van der Waals surface area contributed by atoms with Crippen LogP contribution in [-0.4, -0.2) is 63.1 Å². The van der Waals surface area contributed by atoms with Crippen LogP contribution in [0.3, 0.4) is 0 Å². The number of carbonyl (C=O) groups excluding carboxylic acids is 2. The number of amides is 1. The lowest BCUT2D eigenvalue weighted by molar-refractivity contribution is -0.118. The van der Waals surface area contributed by atoms with Gasteiger partial charge in [-0.3, -0.25) is 29.9 Å². The molecule has 0 saturated carbocycles. The molecule has 2 heterocycles. The van der Waals surface area contributed by atoms with Crippen LogP contribution in [0.2, 0.25) is 0 Å². The molecule has 0 aliphatic carbocycles. The number of aromatic nitrogens is 1. The first kappa shape index (κ1) is 27.1. The predicted octanol–water partition coefficient (Wildman–Crippen LogP) is 2.89. The summed E-state index contributed by atoms with van der Waals surface area (Å²) < 4.78 is 28.3. The molecule has 192 valence electrons. The number of rotatable bonds is 4. The van der Waals surface area contributed by atoms with E-state index in [9.17, 15) is 28.3 Å². The van der Waals surface area contributed by atoms with Gasteiger partial charge in [-0.05, 0) is 31.4 Å². The van der Waals surface area contributed by atoms with Crippen molar-refractivity contribution in [1.82, 2.24) is 9.58 Å². The van der Waals surface area contributed by atoms with E-state index < -0.39 is 33.8 Å². The number of halogens is 2. The lowest BCUT2D eigenvalue weighted by Crippen LogP contribution is -2.42. The molecular weight excluding hydrogens is 492 g/mol. The van der Waals surface area contributed by atoms with Crippen LogP contribution in [0.5, 0.6) is 5.75 Å². The standard InChI is InChI=1S/C24H27F2N5O4S/c1-3-30-9-5-4-6-16(32)12-29(2)31-13-17(21(33)22(34)20(31)24(30)35)23(28)36-19(27)10-14-7-8-15(25)11-18(14)26/h7-8,11,13,27-28,34H,3-6,9-10,12H2,1-2H3. The molecule has 0 bridgehead atoms. The van der Waals surface area contributed by atoms with Gasteiger partial charge in [0.25, 0.3) is 5.91 Å². The predicted molar refractivity (Wildman–Crippen MR) is 134 cm³/mol. The number of fused-ring (bicyclic) bond motifs is 1. The molecule has 36 heavy (non-hydrogen) atoms. The number of carbonyl (C=O) groups is 2. The highest BCUT2D eigenvalue weighted by Gasteiger charge is 2.29. The smallest absolute Gasteiger partial charge is 0.276 e. The van der Waals surface area contributed by atoms with Crippen molar-refractivity contribution >= 4 is 33.5 Å². The number of benzene rings is 1. The zero-order valence-corrected chi connectivity index (χ0v) is 20.8. The topological polar surface area (TPSA) is 131 Å². The second kappa shape index (κ2) is 11.5. The Balaban J connectivity index is 1.98. The van der Waals surface area contributed by atoms with Crippen molar-refractivity contribution < 1.29 is 23.5 Å². The Morgan fingerprint density at radius 3 is 2.56 bits per heavy atom. The molecule has 1 aromatic carbocycles. The molecule has 3 rings (SSSR count). The van der Waals surface area contributed by atoms with Gasteiger partial charge in [0.1, 0.15) is 16.7 Å². The van der Waals surface area contributed by atoms with E-state index in [-0.39, 0.29) is 40.6 Å². The quantitative estimate of drug-likeness (QED) is 0.421. The summed E-state index contributed by atoms with van der Waals surface area (Å²) in [4.78, 5) is 40.1. The van der Waals surface area contributed by atoms with Crippen LogP contribution in [0, 0.1) is 22.5 Å². The second-order valence-electron chi connectivity index (χ2n) is 8.38. The molecule has 3 N–H and O–H groups in total. The van der Waals surface area contributed by atoms with Crippen LogP contribution in [0.15, 0.2) is 29.2 Å². The third-order valence-electron chi connectivity index (χ3n) is 5.78. The van der Waals surface area contributed by atoms with Gasteiger partial charge in [0, 0.05) is 45.2 Å². The van der Waals surface area contributed by atoms with Crippen molar-refractivity contribution in [2.24, 2.45) is 0 Å². The number of likely N-dealkylation sites (N-methyl/N-ethyl adjacent to an activating group) is 1. The molecule has 0 fully saturated rings. The highest BCUT2D eigenvalue weighted by Crippen LogP contribution is 2.22. The van der Waals surface area contributed by atoms with Gasteiger partial charge in [0.2, 0.25) is 5.43 Å². The van der Waals surface area contributed by atoms with Gasteiger partial charge in [-0.25, -0.2) is 8.78 Å². The fraction of sp³-hybridized carbons (Fsp3) is 0.375. The van der Waals surface area contributed by atoms with E-state index in [4.69, 9.17) is 10.8 Å². The highest BCUT2D eigenvalue weighted by molar-refractivity contribution is 8.26. The number of nitrogens with one attached hydrogen (secondary N) is 2. The van der Waals surface area contributed by atoms with Crippen LogP contribution in [0.25, 0.3) is 0 Å². The Morgan fingerprint density at radius 1 is 1.17 bits per heavy atom. The summed E-state index contributed by atoms with van der Waals surface area (Å²) in [6.07, 6.45) is 2.45. The van der Waals surface area contributed by atoms with E-state index >= 15 is 0 Å². The first-order chi connectivity index (χ1) is 17.0. The molecule has 0 spiro atoms. The van der Waals surface area contributed by atoms with Gasteiger partial charge < -0.3 is 15.0 Å².